The Morgan fingerprint density at radius 2 is 1.87 bits per heavy atom. The second-order valence-electron chi connectivity index (χ2n) is 6.28. The Balaban J connectivity index is 1.72. The number of amides is 1. The van der Waals surface area contributed by atoms with Gasteiger partial charge in [0.25, 0.3) is 0 Å². The maximum absolute atomic E-state index is 11.5. The smallest absolute Gasteiger partial charge is 0.228 e. The van der Waals surface area contributed by atoms with Gasteiger partial charge in [-0.05, 0) is 48.6 Å². The van der Waals surface area contributed by atoms with E-state index in [2.05, 4.69) is 34.5 Å². The first-order valence-electron chi connectivity index (χ1n) is 8.19. The number of rotatable bonds is 2. The zero-order valence-electron chi connectivity index (χ0n) is 12.9. The van der Waals surface area contributed by atoms with Crippen molar-refractivity contribution in [3.05, 3.63) is 47.0 Å². The highest BCUT2D eigenvalue weighted by atomic mass is 35.5. The largest absolute Gasteiger partial charge is 0.370 e. The molecule has 2 heterocycles. The van der Waals surface area contributed by atoms with Gasteiger partial charge in [-0.25, -0.2) is 0 Å². The Labute approximate surface area is 141 Å². The van der Waals surface area contributed by atoms with Gasteiger partial charge in [0.1, 0.15) is 0 Å². The molecule has 0 radical (unpaired) electrons. The summed E-state index contributed by atoms with van der Waals surface area (Å²) in [5.74, 6) is 0.0605. The molecule has 0 spiro atoms. The minimum Gasteiger partial charge on any atom is -0.370 e. The molecule has 118 valence electrons. The molecule has 2 aliphatic rings. The van der Waals surface area contributed by atoms with Gasteiger partial charge >= 0.3 is 0 Å². The van der Waals surface area contributed by atoms with Gasteiger partial charge in [0.15, 0.2) is 0 Å². The summed E-state index contributed by atoms with van der Waals surface area (Å²) in [6.45, 7) is 2.15. The highest BCUT2D eigenvalue weighted by Crippen LogP contribution is 2.38. The van der Waals surface area contributed by atoms with Crippen LogP contribution in [0.1, 0.15) is 24.8 Å². The number of benzene rings is 2. The van der Waals surface area contributed by atoms with Crippen LogP contribution in [0, 0.1) is 0 Å². The van der Waals surface area contributed by atoms with Crippen molar-refractivity contribution >= 4 is 28.9 Å². The molecule has 23 heavy (non-hydrogen) atoms. The Kier molecular flexibility index (Phi) is 3.74. The SMILES string of the molecule is O=C1Cc2cc(-c3cccc(N4CCCCC4)c3Cl)ccc2N1. The summed E-state index contributed by atoms with van der Waals surface area (Å²) >= 11 is 6.73. The molecule has 4 heteroatoms. The average Bonchev–Trinajstić information content (AvgIpc) is 2.95. The van der Waals surface area contributed by atoms with Gasteiger partial charge in [-0.2, -0.15) is 0 Å². The summed E-state index contributed by atoms with van der Waals surface area (Å²) in [6, 6.07) is 12.3. The third-order valence-electron chi connectivity index (χ3n) is 4.72. The fourth-order valence-electron chi connectivity index (χ4n) is 3.52. The van der Waals surface area contributed by atoms with E-state index in [1.165, 1.54) is 19.3 Å². The molecular weight excluding hydrogens is 308 g/mol. The second kappa shape index (κ2) is 5.89. The second-order valence-corrected chi connectivity index (χ2v) is 6.66. The molecule has 0 saturated carbocycles. The first-order valence-corrected chi connectivity index (χ1v) is 8.57. The van der Waals surface area contributed by atoms with Crippen molar-refractivity contribution in [3.63, 3.8) is 0 Å². The van der Waals surface area contributed by atoms with Gasteiger partial charge in [-0.15, -0.1) is 0 Å². The molecule has 0 aromatic heterocycles. The van der Waals surface area contributed by atoms with Crippen molar-refractivity contribution in [2.75, 3.05) is 23.3 Å². The molecule has 0 bridgehead atoms. The van der Waals surface area contributed by atoms with Crippen molar-refractivity contribution in [2.45, 2.75) is 25.7 Å². The maximum atomic E-state index is 11.5. The van der Waals surface area contributed by atoms with Crippen LogP contribution in [0.25, 0.3) is 11.1 Å². The van der Waals surface area contributed by atoms with Crippen molar-refractivity contribution in [1.29, 1.82) is 0 Å². The number of carbonyl (C=O) groups excluding carboxylic acids is 1. The standard InChI is InChI=1S/C19H19ClN2O/c20-19-15(5-4-6-17(19)22-9-2-1-3-10-22)13-7-8-16-14(11-13)12-18(23)21-16/h4-8,11H,1-3,9-10,12H2,(H,21,23). The number of carbonyl (C=O) groups is 1. The number of piperidine rings is 1. The fraction of sp³-hybridized carbons (Fsp3) is 0.316. The Morgan fingerprint density at radius 3 is 2.70 bits per heavy atom. The molecule has 0 unspecified atom stereocenters. The monoisotopic (exact) mass is 326 g/mol. The lowest BCUT2D eigenvalue weighted by molar-refractivity contribution is -0.115. The Hall–Kier alpha value is -2.00. The number of nitrogens with zero attached hydrogens (tertiary/aromatic N) is 1. The van der Waals surface area contributed by atoms with Gasteiger partial charge in [0, 0.05) is 24.3 Å². The predicted molar refractivity (Wildman–Crippen MR) is 95.3 cm³/mol. The molecule has 2 aliphatic heterocycles. The van der Waals surface area contributed by atoms with Crippen LogP contribution < -0.4 is 10.2 Å². The van der Waals surface area contributed by atoms with Crippen LogP contribution in [0.15, 0.2) is 36.4 Å². The molecule has 4 rings (SSSR count). The third kappa shape index (κ3) is 2.70. The summed E-state index contributed by atoms with van der Waals surface area (Å²) in [6.07, 6.45) is 4.21. The van der Waals surface area contributed by atoms with E-state index in [4.69, 9.17) is 11.6 Å². The maximum Gasteiger partial charge on any atom is 0.228 e. The number of fused-ring (bicyclic) bond motifs is 1. The molecule has 0 atom stereocenters. The van der Waals surface area contributed by atoms with Crippen LogP contribution >= 0.6 is 11.6 Å². The molecule has 1 saturated heterocycles. The van der Waals surface area contributed by atoms with E-state index in [0.29, 0.717) is 6.42 Å². The van der Waals surface area contributed by atoms with Crippen molar-refractivity contribution in [1.82, 2.24) is 0 Å². The van der Waals surface area contributed by atoms with Gasteiger partial charge in [-0.3, -0.25) is 4.79 Å². The lowest BCUT2D eigenvalue weighted by Crippen LogP contribution is -2.29. The van der Waals surface area contributed by atoms with Crippen molar-refractivity contribution < 1.29 is 4.79 Å². The van der Waals surface area contributed by atoms with E-state index in [0.717, 1.165) is 46.2 Å². The summed E-state index contributed by atoms with van der Waals surface area (Å²) < 4.78 is 0. The van der Waals surface area contributed by atoms with Crippen LogP contribution in [-0.2, 0) is 11.2 Å². The average molecular weight is 327 g/mol. The number of nitrogens with one attached hydrogen (secondary N) is 1. The van der Waals surface area contributed by atoms with E-state index < -0.39 is 0 Å². The molecule has 1 amide bonds. The normalized spacial score (nSPS) is 17.1. The Morgan fingerprint density at radius 1 is 1.04 bits per heavy atom. The molecule has 0 aliphatic carbocycles. The van der Waals surface area contributed by atoms with Crippen LogP contribution in [0.3, 0.4) is 0 Å². The zero-order chi connectivity index (χ0) is 15.8. The molecule has 1 N–H and O–H groups in total. The highest BCUT2D eigenvalue weighted by molar-refractivity contribution is 6.36. The molecule has 3 nitrogen and oxygen atoms in total. The summed E-state index contributed by atoms with van der Waals surface area (Å²) in [7, 11) is 0. The number of hydrogen-bond donors (Lipinski definition) is 1. The summed E-state index contributed by atoms with van der Waals surface area (Å²) in [4.78, 5) is 13.9. The third-order valence-corrected chi connectivity index (χ3v) is 5.11. The van der Waals surface area contributed by atoms with Crippen LogP contribution in [-0.4, -0.2) is 19.0 Å². The topological polar surface area (TPSA) is 32.3 Å². The summed E-state index contributed by atoms with van der Waals surface area (Å²) in [5.41, 5.74) is 5.20. The van der Waals surface area contributed by atoms with Crippen LogP contribution in [0.5, 0.6) is 0 Å². The minimum absolute atomic E-state index is 0.0605. The van der Waals surface area contributed by atoms with Crippen LogP contribution in [0.2, 0.25) is 5.02 Å². The van der Waals surface area contributed by atoms with E-state index in [1.54, 1.807) is 0 Å². The minimum atomic E-state index is 0.0605. The molecule has 2 aromatic carbocycles. The molecule has 2 aromatic rings. The first kappa shape index (κ1) is 14.6. The fourth-order valence-corrected chi connectivity index (χ4v) is 3.87. The number of anilines is 2. The van der Waals surface area contributed by atoms with Crippen molar-refractivity contribution in [2.24, 2.45) is 0 Å². The molecule has 1 fully saturated rings. The lowest BCUT2D eigenvalue weighted by atomic mass is 10.0. The van der Waals surface area contributed by atoms with Gasteiger partial charge in [0.2, 0.25) is 5.91 Å². The Bertz CT molecular complexity index is 766. The summed E-state index contributed by atoms with van der Waals surface area (Å²) in [5, 5.41) is 3.69. The lowest BCUT2D eigenvalue weighted by Gasteiger charge is -2.30. The van der Waals surface area contributed by atoms with E-state index in [-0.39, 0.29) is 5.91 Å². The van der Waals surface area contributed by atoms with Gasteiger partial charge in [-0.1, -0.05) is 29.8 Å². The van der Waals surface area contributed by atoms with Crippen LogP contribution in [0.4, 0.5) is 11.4 Å². The highest BCUT2D eigenvalue weighted by Gasteiger charge is 2.20. The van der Waals surface area contributed by atoms with E-state index in [1.807, 2.05) is 12.1 Å². The number of halogens is 1. The van der Waals surface area contributed by atoms with Gasteiger partial charge < -0.3 is 10.2 Å². The number of hydrogen-bond acceptors (Lipinski definition) is 2. The molecular formula is C19H19ClN2O. The van der Waals surface area contributed by atoms with E-state index in [9.17, 15) is 4.79 Å². The quantitative estimate of drug-likeness (QED) is 0.881. The van der Waals surface area contributed by atoms with Gasteiger partial charge in [0.05, 0.1) is 17.1 Å². The predicted octanol–water partition coefficient (Wildman–Crippen LogP) is 4.49. The van der Waals surface area contributed by atoms with E-state index >= 15 is 0 Å². The first-order chi connectivity index (χ1) is 11.2. The zero-order valence-corrected chi connectivity index (χ0v) is 13.7. The van der Waals surface area contributed by atoms with Crippen molar-refractivity contribution in [3.8, 4) is 11.1 Å².